The number of hydrogen-bond donors (Lipinski definition) is 1. The largest absolute Gasteiger partial charge is 0.467 e. The molecule has 8 heteroatoms. The summed E-state index contributed by atoms with van der Waals surface area (Å²) in [6.07, 6.45) is 2.12. The van der Waals surface area contributed by atoms with Crippen LogP contribution in [0.5, 0.6) is 0 Å². The first-order valence-electron chi connectivity index (χ1n) is 8.71. The second-order valence-corrected chi connectivity index (χ2v) is 8.94. The predicted octanol–water partition coefficient (Wildman–Crippen LogP) is 2.00. The molecule has 0 spiro atoms. The number of furan rings is 1. The average Bonchev–Trinajstić information content (AvgIpc) is 3.23. The first-order valence-corrected chi connectivity index (χ1v) is 10.5. The van der Waals surface area contributed by atoms with Gasteiger partial charge in [-0.25, -0.2) is 8.42 Å². The van der Waals surface area contributed by atoms with Crippen LogP contribution in [0.1, 0.15) is 24.7 Å². The molecule has 2 aromatic rings. The maximum atomic E-state index is 12.9. The molecule has 1 aliphatic heterocycles. The Labute approximate surface area is 158 Å². The average molecular weight is 390 g/mol. The first kappa shape index (κ1) is 19.2. The number of carbonyl (C=O) groups is 2. The second kappa shape index (κ2) is 7.96. The van der Waals surface area contributed by atoms with E-state index in [2.05, 4.69) is 5.32 Å². The quantitative estimate of drug-likeness (QED) is 0.814. The molecule has 1 N–H and O–H groups in total. The van der Waals surface area contributed by atoms with Gasteiger partial charge in [-0.05, 0) is 36.2 Å². The lowest BCUT2D eigenvalue weighted by Gasteiger charge is -2.27. The number of amides is 2. The Bertz CT molecular complexity index is 904. The van der Waals surface area contributed by atoms with Gasteiger partial charge in [0.25, 0.3) is 0 Å². The number of carbonyl (C=O) groups excluding carboxylic acids is 2. The molecule has 1 aromatic carbocycles. The Kier molecular flexibility index (Phi) is 5.65. The van der Waals surface area contributed by atoms with E-state index < -0.39 is 9.84 Å². The van der Waals surface area contributed by atoms with E-state index in [1.54, 1.807) is 41.3 Å². The van der Waals surface area contributed by atoms with Crippen molar-refractivity contribution in [2.75, 3.05) is 16.8 Å². The van der Waals surface area contributed by atoms with Crippen molar-refractivity contribution < 1.29 is 22.4 Å². The van der Waals surface area contributed by atoms with Gasteiger partial charge < -0.3 is 14.6 Å². The SMILES string of the molecule is CC(=O)Nc1ccc(CC(=O)N(Cc2ccco2)[C@H]2CCS(=O)(=O)C2)cc1. The van der Waals surface area contributed by atoms with Gasteiger partial charge in [0, 0.05) is 18.7 Å². The third-order valence-corrected chi connectivity index (χ3v) is 6.26. The van der Waals surface area contributed by atoms with Crippen molar-refractivity contribution in [1.29, 1.82) is 0 Å². The third-order valence-electron chi connectivity index (χ3n) is 4.51. The number of anilines is 1. The molecule has 0 aliphatic carbocycles. The molecule has 1 fully saturated rings. The Morgan fingerprint density at radius 3 is 2.52 bits per heavy atom. The number of rotatable bonds is 6. The van der Waals surface area contributed by atoms with Crippen LogP contribution in [0, 0.1) is 0 Å². The van der Waals surface area contributed by atoms with Gasteiger partial charge in [-0.2, -0.15) is 0 Å². The Morgan fingerprint density at radius 2 is 1.96 bits per heavy atom. The van der Waals surface area contributed by atoms with E-state index in [-0.39, 0.29) is 42.3 Å². The minimum atomic E-state index is -3.11. The highest BCUT2D eigenvalue weighted by Gasteiger charge is 2.35. The van der Waals surface area contributed by atoms with Crippen molar-refractivity contribution in [2.45, 2.75) is 32.4 Å². The fraction of sp³-hybridized carbons (Fsp3) is 0.368. The molecule has 1 aromatic heterocycles. The monoisotopic (exact) mass is 390 g/mol. The molecular formula is C19H22N2O5S. The molecule has 2 amide bonds. The van der Waals surface area contributed by atoms with Gasteiger partial charge in [-0.1, -0.05) is 12.1 Å². The van der Waals surface area contributed by atoms with Gasteiger partial charge in [0.1, 0.15) is 5.76 Å². The van der Waals surface area contributed by atoms with E-state index in [1.165, 1.54) is 13.2 Å². The maximum absolute atomic E-state index is 12.9. The van der Waals surface area contributed by atoms with Crippen LogP contribution in [0.4, 0.5) is 5.69 Å². The van der Waals surface area contributed by atoms with Crippen molar-refractivity contribution in [2.24, 2.45) is 0 Å². The summed E-state index contributed by atoms with van der Waals surface area (Å²) in [6, 6.07) is 10.2. The summed E-state index contributed by atoms with van der Waals surface area (Å²) in [6.45, 7) is 1.68. The molecule has 0 radical (unpaired) electrons. The molecule has 1 aliphatic rings. The topological polar surface area (TPSA) is 96.7 Å². The molecule has 1 saturated heterocycles. The lowest BCUT2D eigenvalue weighted by atomic mass is 10.1. The van der Waals surface area contributed by atoms with Gasteiger partial charge >= 0.3 is 0 Å². The molecule has 27 heavy (non-hydrogen) atoms. The molecule has 1 atom stereocenters. The number of nitrogens with one attached hydrogen (secondary N) is 1. The number of hydrogen-bond acceptors (Lipinski definition) is 5. The highest BCUT2D eigenvalue weighted by molar-refractivity contribution is 7.91. The first-order chi connectivity index (χ1) is 12.8. The van der Waals surface area contributed by atoms with Crippen LogP contribution in [0.15, 0.2) is 47.1 Å². The highest BCUT2D eigenvalue weighted by atomic mass is 32.2. The van der Waals surface area contributed by atoms with Gasteiger partial charge in [0.15, 0.2) is 9.84 Å². The zero-order valence-electron chi connectivity index (χ0n) is 15.1. The van der Waals surface area contributed by atoms with Gasteiger partial charge in [0.05, 0.1) is 30.7 Å². The second-order valence-electron chi connectivity index (χ2n) is 6.71. The van der Waals surface area contributed by atoms with Crippen molar-refractivity contribution in [3.63, 3.8) is 0 Å². The van der Waals surface area contributed by atoms with E-state index in [9.17, 15) is 18.0 Å². The number of nitrogens with zero attached hydrogens (tertiary/aromatic N) is 1. The summed E-state index contributed by atoms with van der Waals surface area (Å²) in [5.74, 6) is 0.395. The fourth-order valence-corrected chi connectivity index (χ4v) is 4.93. The van der Waals surface area contributed by atoms with Crippen LogP contribution in [-0.4, -0.2) is 42.7 Å². The van der Waals surface area contributed by atoms with E-state index in [0.29, 0.717) is 17.9 Å². The van der Waals surface area contributed by atoms with Crippen molar-refractivity contribution >= 4 is 27.3 Å². The minimum absolute atomic E-state index is 0.0130. The lowest BCUT2D eigenvalue weighted by Crippen LogP contribution is -2.41. The number of sulfone groups is 1. The van der Waals surface area contributed by atoms with Crippen molar-refractivity contribution in [3.8, 4) is 0 Å². The normalized spacial score (nSPS) is 18.2. The zero-order valence-corrected chi connectivity index (χ0v) is 15.9. The highest BCUT2D eigenvalue weighted by Crippen LogP contribution is 2.22. The lowest BCUT2D eigenvalue weighted by molar-refractivity contribution is -0.133. The summed E-state index contributed by atoms with van der Waals surface area (Å²) >= 11 is 0. The van der Waals surface area contributed by atoms with E-state index in [0.717, 1.165) is 5.56 Å². The minimum Gasteiger partial charge on any atom is -0.467 e. The summed E-state index contributed by atoms with van der Waals surface area (Å²) in [5.41, 5.74) is 1.45. The molecule has 144 valence electrons. The van der Waals surface area contributed by atoms with Crippen LogP contribution in [0.25, 0.3) is 0 Å². The van der Waals surface area contributed by atoms with E-state index >= 15 is 0 Å². The van der Waals surface area contributed by atoms with Crippen LogP contribution in [-0.2, 0) is 32.4 Å². The Hall–Kier alpha value is -2.61. The van der Waals surface area contributed by atoms with Gasteiger partial charge in [-0.3, -0.25) is 9.59 Å². The maximum Gasteiger partial charge on any atom is 0.227 e. The van der Waals surface area contributed by atoms with Crippen molar-refractivity contribution in [3.05, 3.63) is 54.0 Å². The van der Waals surface area contributed by atoms with Crippen LogP contribution in [0.2, 0.25) is 0 Å². The van der Waals surface area contributed by atoms with Crippen molar-refractivity contribution in [1.82, 2.24) is 4.90 Å². The molecule has 0 saturated carbocycles. The smallest absolute Gasteiger partial charge is 0.227 e. The summed E-state index contributed by atoms with van der Waals surface area (Å²) in [4.78, 5) is 25.6. The Morgan fingerprint density at radius 1 is 1.22 bits per heavy atom. The molecule has 0 bridgehead atoms. The summed E-state index contributed by atoms with van der Waals surface area (Å²) in [7, 11) is -3.11. The number of benzene rings is 1. The van der Waals surface area contributed by atoms with E-state index in [4.69, 9.17) is 4.42 Å². The zero-order chi connectivity index (χ0) is 19.4. The fourth-order valence-electron chi connectivity index (χ4n) is 3.20. The van der Waals surface area contributed by atoms with Gasteiger partial charge in [0.2, 0.25) is 11.8 Å². The molecule has 3 rings (SSSR count). The van der Waals surface area contributed by atoms with Crippen LogP contribution >= 0.6 is 0 Å². The standard InChI is InChI=1S/C19H22N2O5S/c1-14(22)20-16-6-4-15(5-7-16)11-19(23)21(12-18-3-2-9-26-18)17-8-10-27(24,25)13-17/h2-7,9,17H,8,10-13H2,1H3,(H,20,22)/t17-/m0/s1. The molecule has 2 heterocycles. The molecule has 7 nitrogen and oxygen atoms in total. The molecule has 0 unspecified atom stereocenters. The van der Waals surface area contributed by atoms with Gasteiger partial charge in [-0.15, -0.1) is 0 Å². The van der Waals surface area contributed by atoms with E-state index in [1.807, 2.05) is 0 Å². The summed E-state index contributed by atoms with van der Waals surface area (Å²) in [5, 5.41) is 2.68. The van der Waals surface area contributed by atoms with Crippen LogP contribution in [0.3, 0.4) is 0 Å². The third kappa shape index (κ3) is 5.19. The van der Waals surface area contributed by atoms with Crippen LogP contribution < -0.4 is 5.32 Å². The predicted molar refractivity (Wildman–Crippen MR) is 101 cm³/mol. The Balaban J connectivity index is 1.73. The molecular weight excluding hydrogens is 368 g/mol. The summed E-state index contributed by atoms with van der Waals surface area (Å²) < 4.78 is 29.1.